The van der Waals surface area contributed by atoms with Crippen LogP contribution < -0.4 is 10.2 Å². The van der Waals surface area contributed by atoms with Gasteiger partial charge in [-0.3, -0.25) is 9.47 Å². The van der Waals surface area contributed by atoms with Gasteiger partial charge in [-0.25, -0.2) is 19.9 Å². The zero-order valence-electron chi connectivity index (χ0n) is 42.2. The standard InChI is InChI=1S/C34H24N4.C12H9N.C12H11N.C10H6Br2N2/c1-3-13-25(14-4-1)37(26-15-5-2-6-16-26)33-23-11-19-29(35-33)30-20-12-24-34(36-30)38-31-21-9-7-17-27(31)28-18-8-10-22-32(28)38;1-3-7-11-9(5-1)10-6-2-4-8-12(10)13-11;1-3-7-11(8-4-1)13-12-9-5-2-6-10-12;11-9-5-1-3-7(13-9)8-4-2-6-10(12)14-8/h1-24H;1-8,13H;1-10,13H;1-6H. The van der Waals surface area contributed by atoms with E-state index < -0.39 is 0 Å². The number of anilines is 5. The predicted molar refractivity (Wildman–Crippen MR) is 331 cm³/mol. The fourth-order valence-electron chi connectivity index (χ4n) is 9.23. The summed E-state index contributed by atoms with van der Waals surface area (Å²) < 4.78 is 3.87. The van der Waals surface area contributed by atoms with Gasteiger partial charge in [0.15, 0.2) is 0 Å². The Morgan fingerprint density at radius 1 is 0.321 bits per heavy atom. The zero-order chi connectivity index (χ0) is 52.9. The van der Waals surface area contributed by atoms with E-state index in [2.05, 4.69) is 195 Å². The molecule has 0 fully saturated rings. The minimum Gasteiger partial charge on any atom is -0.356 e. The zero-order valence-corrected chi connectivity index (χ0v) is 45.3. The highest BCUT2D eigenvalue weighted by Crippen LogP contribution is 2.35. The van der Waals surface area contributed by atoms with Gasteiger partial charge in [-0.1, -0.05) is 170 Å². The summed E-state index contributed by atoms with van der Waals surface area (Å²) >= 11 is 6.65. The SMILES string of the molecule is Brc1cccc(-c2cccc(Br)n2)n1.c1ccc(N(c2ccccc2)c2cccc(-c3cccc(-n4c5ccccc5c5ccccc54)n3)n2)cc1.c1ccc(Nc2ccccc2)cc1.c1ccc2c(c1)[nH]c1ccccc12. The molecule has 0 saturated heterocycles. The lowest BCUT2D eigenvalue weighted by molar-refractivity contribution is 1.07. The largest absolute Gasteiger partial charge is 0.356 e. The number of hydrogen-bond acceptors (Lipinski definition) is 6. The van der Waals surface area contributed by atoms with Crippen LogP contribution in [0.15, 0.2) is 300 Å². The first-order valence-electron chi connectivity index (χ1n) is 25.4. The lowest BCUT2D eigenvalue weighted by Crippen LogP contribution is -2.11. The Bertz CT molecular complexity index is 4000. The summed E-state index contributed by atoms with van der Waals surface area (Å²) in [7, 11) is 0. The maximum atomic E-state index is 5.11. The highest BCUT2D eigenvalue weighted by Gasteiger charge is 2.17. The fraction of sp³-hybridized carbons (Fsp3) is 0. The van der Waals surface area contributed by atoms with Crippen molar-refractivity contribution in [2.24, 2.45) is 0 Å². The van der Waals surface area contributed by atoms with Crippen LogP contribution in [0.4, 0.5) is 28.6 Å². The molecule has 0 bridgehead atoms. The average molecular weight is 1140 g/mol. The summed E-state index contributed by atoms with van der Waals surface area (Å²) in [6, 6.07) is 98.5. The summed E-state index contributed by atoms with van der Waals surface area (Å²) in [5.41, 5.74) is 12.4. The number of hydrogen-bond donors (Lipinski definition) is 2. The molecule has 14 rings (SSSR count). The molecule has 0 aliphatic rings. The average Bonchev–Trinajstić information content (AvgIpc) is 4.20. The number of halogens is 2. The second-order valence-electron chi connectivity index (χ2n) is 17.9. The molecule has 0 spiro atoms. The molecule has 376 valence electrons. The van der Waals surface area contributed by atoms with Gasteiger partial charge in [-0.05, 0) is 153 Å². The van der Waals surface area contributed by atoms with E-state index in [9.17, 15) is 0 Å². The molecule has 78 heavy (non-hydrogen) atoms. The van der Waals surface area contributed by atoms with Crippen molar-refractivity contribution in [2.45, 2.75) is 0 Å². The highest BCUT2D eigenvalue weighted by atomic mass is 79.9. The van der Waals surface area contributed by atoms with E-state index in [1.54, 1.807) is 0 Å². The Kier molecular flexibility index (Phi) is 15.9. The van der Waals surface area contributed by atoms with E-state index >= 15 is 0 Å². The Morgan fingerprint density at radius 3 is 1.17 bits per heavy atom. The van der Waals surface area contributed by atoms with Crippen LogP contribution in [-0.2, 0) is 0 Å². The maximum Gasteiger partial charge on any atom is 0.138 e. The molecule has 0 amide bonds. The Morgan fingerprint density at radius 2 is 0.692 bits per heavy atom. The maximum absolute atomic E-state index is 5.11. The molecule has 8 aromatic carbocycles. The first kappa shape index (κ1) is 50.7. The monoisotopic (exact) mass is 1140 g/mol. The lowest BCUT2D eigenvalue weighted by Gasteiger charge is -2.24. The molecule has 0 atom stereocenters. The fourth-order valence-corrected chi connectivity index (χ4v) is 9.92. The minimum absolute atomic E-state index is 0.816. The predicted octanol–water partition coefficient (Wildman–Crippen LogP) is 19.1. The quantitative estimate of drug-likeness (QED) is 0.147. The van der Waals surface area contributed by atoms with Crippen LogP contribution in [0.1, 0.15) is 0 Å². The number of nitrogens with zero attached hydrogens (tertiary/aromatic N) is 6. The van der Waals surface area contributed by atoms with Crippen molar-refractivity contribution >= 4 is 104 Å². The number of aromatic amines is 1. The van der Waals surface area contributed by atoms with Gasteiger partial charge in [0.1, 0.15) is 20.8 Å². The molecule has 14 aromatic rings. The molecule has 8 nitrogen and oxygen atoms in total. The number of pyridine rings is 4. The van der Waals surface area contributed by atoms with Crippen molar-refractivity contribution in [1.82, 2.24) is 29.5 Å². The number of para-hydroxylation sites is 8. The molecule has 0 aliphatic carbocycles. The number of nitrogens with one attached hydrogen (secondary N) is 2. The van der Waals surface area contributed by atoms with Gasteiger partial charge in [0, 0.05) is 55.3 Å². The first-order chi connectivity index (χ1) is 38.5. The van der Waals surface area contributed by atoms with E-state index in [0.717, 1.165) is 77.4 Å². The van der Waals surface area contributed by atoms with Gasteiger partial charge < -0.3 is 10.3 Å². The summed E-state index contributed by atoms with van der Waals surface area (Å²) in [6.45, 7) is 0. The molecule has 0 unspecified atom stereocenters. The van der Waals surface area contributed by atoms with Gasteiger partial charge >= 0.3 is 0 Å². The third-order valence-corrected chi connectivity index (χ3v) is 13.6. The number of fused-ring (bicyclic) bond motifs is 6. The van der Waals surface area contributed by atoms with Gasteiger partial charge in [0.05, 0.1) is 33.8 Å². The molecule has 6 heterocycles. The van der Waals surface area contributed by atoms with Gasteiger partial charge in [-0.15, -0.1) is 0 Å². The number of benzene rings is 8. The van der Waals surface area contributed by atoms with Crippen molar-refractivity contribution in [2.75, 3.05) is 10.2 Å². The van der Waals surface area contributed by atoms with Crippen LogP contribution in [0.5, 0.6) is 0 Å². The molecule has 0 aliphatic heterocycles. The van der Waals surface area contributed by atoms with Crippen LogP contribution in [0.2, 0.25) is 0 Å². The van der Waals surface area contributed by atoms with E-state index in [-0.39, 0.29) is 0 Å². The van der Waals surface area contributed by atoms with Crippen LogP contribution >= 0.6 is 31.9 Å². The Hall–Kier alpha value is -9.48. The van der Waals surface area contributed by atoms with Crippen LogP contribution in [0, 0.1) is 0 Å². The third kappa shape index (κ3) is 12.0. The molecule has 2 N–H and O–H groups in total. The molecular formula is C68H50Br2N8. The molecule has 0 radical (unpaired) electrons. The van der Waals surface area contributed by atoms with E-state index in [0.29, 0.717) is 0 Å². The van der Waals surface area contributed by atoms with Crippen molar-refractivity contribution in [1.29, 1.82) is 0 Å². The van der Waals surface area contributed by atoms with Gasteiger partial charge in [0.25, 0.3) is 0 Å². The summed E-state index contributed by atoms with van der Waals surface area (Å²) in [5, 5.41) is 8.35. The van der Waals surface area contributed by atoms with Gasteiger partial charge in [-0.2, -0.15) is 0 Å². The minimum atomic E-state index is 0.816. The van der Waals surface area contributed by atoms with E-state index in [1.165, 1.54) is 32.6 Å². The topological polar surface area (TPSA) is 87.6 Å². The number of rotatable bonds is 8. The Labute approximate surface area is 469 Å². The second kappa shape index (κ2) is 24.5. The lowest BCUT2D eigenvalue weighted by atomic mass is 10.2. The molecule has 0 saturated carbocycles. The van der Waals surface area contributed by atoms with Crippen LogP contribution in [-0.4, -0.2) is 29.5 Å². The van der Waals surface area contributed by atoms with Crippen molar-refractivity contribution in [3.8, 4) is 28.6 Å². The third-order valence-electron chi connectivity index (χ3n) is 12.7. The molecule has 10 heteroatoms. The number of aromatic nitrogens is 6. The summed E-state index contributed by atoms with van der Waals surface area (Å²) in [6.07, 6.45) is 0. The molecule has 6 aromatic heterocycles. The van der Waals surface area contributed by atoms with Crippen molar-refractivity contribution in [3.63, 3.8) is 0 Å². The van der Waals surface area contributed by atoms with Crippen molar-refractivity contribution < 1.29 is 0 Å². The van der Waals surface area contributed by atoms with E-state index in [1.807, 2.05) is 158 Å². The van der Waals surface area contributed by atoms with Crippen molar-refractivity contribution in [3.05, 3.63) is 300 Å². The second-order valence-corrected chi connectivity index (χ2v) is 19.5. The van der Waals surface area contributed by atoms with E-state index in [4.69, 9.17) is 9.97 Å². The van der Waals surface area contributed by atoms with Crippen LogP contribution in [0.3, 0.4) is 0 Å². The summed E-state index contributed by atoms with van der Waals surface area (Å²) in [5.74, 6) is 1.71. The number of H-pyrrole nitrogens is 1. The molecular weight excluding hydrogens is 1090 g/mol. The summed E-state index contributed by atoms with van der Waals surface area (Å²) in [4.78, 5) is 24.4. The van der Waals surface area contributed by atoms with Gasteiger partial charge in [0.2, 0.25) is 0 Å². The Balaban J connectivity index is 0.000000131. The first-order valence-corrected chi connectivity index (χ1v) is 27.0. The normalized spacial score (nSPS) is 10.7. The smallest absolute Gasteiger partial charge is 0.138 e. The highest BCUT2D eigenvalue weighted by molar-refractivity contribution is 9.10. The van der Waals surface area contributed by atoms with Crippen LogP contribution in [0.25, 0.3) is 72.2 Å².